The van der Waals surface area contributed by atoms with Gasteiger partial charge < -0.3 is 9.88 Å². The number of anilines is 1. The summed E-state index contributed by atoms with van der Waals surface area (Å²) in [4.78, 5) is 4.72. The fourth-order valence-corrected chi connectivity index (χ4v) is 3.58. The maximum Gasteiger partial charge on any atom is 0.176 e. The fraction of sp³-hybridized carbons (Fsp3) is 0.294. The van der Waals surface area contributed by atoms with Crippen molar-refractivity contribution < 1.29 is 0 Å². The van der Waals surface area contributed by atoms with E-state index in [4.69, 9.17) is 16.6 Å². The van der Waals surface area contributed by atoms with E-state index in [2.05, 4.69) is 25.2 Å². The fourth-order valence-electron chi connectivity index (χ4n) is 3.42. The average Bonchev–Trinajstić information content (AvgIpc) is 3.30. The topological polar surface area (TPSA) is 72.9 Å². The Morgan fingerprint density at radius 2 is 2.12 bits per heavy atom. The Kier molecular flexibility index (Phi) is 3.18. The van der Waals surface area contributed by atoms with Gasteiger partial charge in [0.15, 0.2) is 11.5 Å². The van der Waals surface area contributed by atoms with Gasteiger partial charge in [-0.25, -0.2) is 9.50 Å². The molecule has 4 aromatic rings. The largest absolute Gasteiger partial charge is 0.362 e. The molecule has 126 valence electrons. The number of nitrogens with one attached hydrogen (secondary N) is 1. The summed E-state index contributed by atoms with van der Waals surface area (Å²) < 4.78 is 3.98. The SMILES string of the molecule is Cc1nn2c(nc(NCc3nnc4n3CCC4)c3ccccc32)c1Cl. The van der Waals surface area contributed by atoms with Gasteiger partial charge in [-0.05, 0) is 25.5 Å². The summed E-state index contributed by atoms with van der Waals surface area (Å²) >= 11 is 6.39. The first-order valence-corrected chi connectivity index (χ1v) is 8.68. The van der Waals surface area contributed by atoms with Crippen LogP contribution < -0.4 is 5.32 Å². The van der Waals surface area contributed by atoms with Crippen LogP contribution in [0.15, 0.2) is 24.3 Å². The summed E-state index contributed by atoms with van der Waals surface area (Å²) in [7, 11) is 0. The van der Waals surface area contributed by atoms with E-state index in [9.17, 15) is 0 Å². The van der Waals surface area contributed by atoms with Gasteiger partial charge >= 0.3 is 0 Å². The lowest BCUT2D eigenvalue weighted by Crippen LogP contribution is -2.09. The molecular formula is C17H16ClN7. The van der Waals surface area contributed by atoms with E-state index >= 15 is 0 Å². The van der Waals surface area contributed by atoms with Crippen molar-refractivity contribution in [3.05, 3.63) is 46.6 Å². The van der Waals surface area contributed by atoms with E-state index in [-0.39, 0.29) is 0 Å². The highest BCUT2D eigenvalue weighted by Gasteiger charge is 2.18. The molecule has 0 atom stereocenters. The van der Waals surface area contributed by atoms with Crippen LogP contribution in [0.1, 0.15) is 23.8 Å². The molecule has 0 amide bonds. The number of para-hydroxylation sites is 1. The van der Waals surface area contributed by atoms with Crippen LogP contribution in [0.4, 0.5) is 5.82 Å². The van der Waals surface area contributed by atoms with E-state index in [0.29, 0.717) is 17.2 Å². The molecule has 5 rings (SSSR count). The zero-order valence-electron chi connectivity index (χ0n) is 13.7. The summed E-state index contributed by atoms with van der Waals surface area (Å²) in [6, 6.07) is 8.03. The minimum Gasteiger partial charge on any atom is -0.362 e. The van der Waals surface area contributed by atoms with E-state index < -0.39 is 0 Å². The van der Waals surface area contributed by atoms with Crippen LogP contribution in [0, 0.1) is 6.92 Å². The third-order valence-corrected chi connectivity index (χ3v) is 5.11. The van der Waals surface area contributed by atoms with E-state index in [1.54, 1.807) is 4.52 Å². The Morgan fingerprint density at radius 1 is 1.24 bits per heavy atom. The van der Waals surface area contributed by atoms with Crippen molar-refractivity contribution in [3.63, 3.8) is 0 Å². The lowest BCUT2D eigenvalue weighted by Gasteiger charge is -2.10. The van der Waals surface area contributed by atoms with Gasteiger partial charge in [-0.15, -0.1) is 10.2 Å². The molecule has 0 unspecified atom stereocenters. The number of fused-ring (bicyclic) bond motifs is 4. The molecule has 1 aromatic carbocycles. The van der Waals surface area contributed by atoms with Gasteiger partial charge in [0, 0.05) is 18.4 Å². The van der Waals surface area contributed by atoms with E-state index in [1.807, 2.05) is 31.2 Å². The van der Waals surface area contributed by atoms with Gasteiger partial charge in [-0.2, -0.15) is 5.10 Å². The highest BCUT2D eigenvalue weighted by molar-refractivity contribution is 6.34. The Labute approximate surface area is 148 Å². The van der Waals surface area contributed by atoms with Crippen LogP contribution in [0.2, 0.25) is 5.02 Å². The molecule has 0 spiro atoms. The highest BCUT2D eigenvalue weighted by Crippen LogP contribution is 2.28. The number of hydrogen-bond acceptors (Lipinski definition) is 5. The molecule has 1 N–H and O–H groups in total. The maximum atomic E-state index is 6.39. The standard InChI is InChI=1S/C17H16ClN7/c1-10-15(18)17-20-16(11-5-2-3-6-12(11)25(17)23-10)19-9-14-22-21-13-7-4-8-24(13)14/h2-3,5-6H,4,7-9H2,1H3,(H,19,20). The number of aryl methyl sites for hydroxylation is 2. The van der Waals surface area contributed by atoms with Crippen LogP contribution in [-0.2, 0) is 19.5 Å². The molecule has 1 aliphatic rings. The molecule has 0 fully saturated rings. The van der Waals surface area contributed by atoms with Crippen molar-refractivity contribution in [2.24, 2.45) is 0 Å². The monoisotopic (exact) mass is 353 g/mol. The minimum atomic E-state index is 0.574. The van der Waals surface area contributed by atoms with Crippen molar-refractivity contribution in [2.45, 2.75) is 32.9 Å². The molecule has 7 nitrogen and oxygen atoms in total. The maximum absolute atomic E-state index is 6.39. The first-order chi connectivity index (χ1) is 12.2. The molecule has 0 bridgehead atoms. The third-order valence-electron chi connectivity index (χ3n) is 4.67. The Balaban J connectivity index is 1.60. The van der Waals surface area contributed by atoms with Crippen molar-refractivity contribution >= 4 is 34.0 Å². The first kappa shape index (κ1) is 14.7. The highest BCUT2D eigenvalue weighted by atomic mass is 35.5. The smallest absolute Gasteiger partial charge is 0.176 e. The molecule has 0 aliphatic carbocycles. The molecule has 0 radical (unpaired) electrons. The molecule has 0 saturated heterocycles. The summed E-state index contributed by atoms with van der Waals surface area (Å²) in [6.07, 6.45) is 2.14. The predicted molar refractivity (Wildman–Crippen MR) is 95.9 cm³/mol. The average molecular weight is 354 g/mol. The van der Waals surface area contributed by atoms with Gasteiger partial charge in [-0.3, -0.25) is 0 Å². The van der Waals surface area contributed by atoms with Crippen LogP contribution in [0.5, 0.6) is 0 Å². The summed E-state index contributed by atoms with van der Waals surface area (Å²) in [6.45, 7) is 3.45. The van der Waals surface area contributed by atoms with Crippen LogP contribution >= 0.6 is 11.6 Å². The molecule has 25 heavy (non-hydrogen) atoms. The summed E-state index contributed by atoms with van der Waals surface area (Å²) in [5.41, 5.74) is 2.40. The third kappa shape index (κ3) is 2.19. The van der Waals surface area contributed by atoms with E-state index in [1.165, 1.54) is 0 Å². The van der Waals surface area contributed by atoms with E-state index in [0.717, 1.165) is 53.4 Å². The molecule has 8 heteroatoms. The lowest BCUT2D eigenvalue weighted by molar-refractivity contribution is 0.695. The number of halogens is 1. The second kappa shape index (κ2) is 5.42. The summed E-state index contributed by atoms with van der Waals surface area (Å²) in [5.74, 6) is 2.79. The number of benzene rings is 1. The minimum absolute atomic E-state index is 0.574. The molecule has 1 aliphatic heterocycles. The van der Waals surface area contributed by atoms with Crippen molar-refractivity contribution in [1.29, 1.82) is 0 Å². The second-order valence-electron chi connectivity index (χ2n) is 6.25. The normalized spacial score (nSPS) is 13.7. The summed E-state index contributed by atoms with van der Waals surface area (Å²) in [5, 5.41) is 18.0. The molecule has 0 saturated carbocycles. The lowest BCUT2D eigenvalue weighted by atomic mass is 10.2. The number of nitrogens with zero attached hydrogens (tertiary/aromatic N) is 6. The second-order valence-corrected chi connectivity index (χ2v) is 6.63. The quantitative estimate of drug-likeness (QED) is 0.613. The van der Waals surface area contributed by atoms with Gasteiger partial charge in [0.25, 0.3) is 0 Å². The molecule has 3 aromatic heterocycles. The number of hydrogen-bond donors (Lipinski definition) is 1. The van der Waals surface area contributed by atoms with Gasteiger partial charge in [0.05, 0.1) is 17.8 Å². The predicted octanol–water partition coefficient (Wildman–Crippen LogP) is 2.99. The van der Waals surface area contributed by atoms with Crippen LogP contribution in [-0.4, -0.2) is 29.4 Å². The van der Waals surface area contributed by atoms with Crippen LogP contribution in [0.25, 0.3) is 16.6 Å². The van der Waals surface area contributed by atoms with Crippen molar-refractivity contribution in [2.75, 3.05) is 5.32 Å². The van der Waals surface area contributed by atoms with Gasteiger partial charge in [0.1, 0.15) is 16.7 Å². The Morgan fingerprint density at radius 3 is 3.04 bits per heavy atom. The Hall–Kier alpha value is -2.67. The Bertz CT molecular complexity index is 1110. The van der Waals surface area contributed by atoms with Crippen molar-refractivity contribution in [1.82, 2.24) is 29.4 Å². The van der Waals surface area contributed by atoms with Gasteiger partial charge in [0.2, 0.25) is 0 Å². The molecular weight excluding hydrogens is 338 g/mol. The zero-order chi connectivity index (χ0) is 17.0. The van der Waals surface area contributed by atoms with Crippen molar-refractivity contribution in [3.8, 4) is 0 Å². The molecule has 4 heterocycles. The number of rotatable bonds is 3. The van der Waals surface area contributed by atoms with Crippen LogP contribution in [0.3, 0.4) is 0 Å². The van der Waals surface area contributed by atoms with Gasteiger partial charge in [-0.1, -0.05) is 23.7 Å². The number of aromatic nitrogens is 6. The zero-order valence-corrected chi connectivity index (χ0v) is 14.5. The first-order valence-electron chi connectivity index (χ1n) is 8.31.